The van der Waals surface area contributed by atoms with Gasteiger partial charge in [-0.1, -0.05) is 6.92 Å². The Hall–Kier alpha value is -0.970. The molecule has 0 spiro atoms. The van der Waals surface area contributed by atoms with Crippen molar-refractivity contribution < 1.29 is 4.74 Å². The maximum absolute atomic E-state index is 8.26. The van der Waals surface area contributed by atoms with Gasteiger partial charge in [-0.3, -0.25) is 0 Å². The van der Waals surface area contributed by atoms with Crippen molar-refractivity contribution in [1.82, 2.24) is 0 Å². The zero-order valence-corrected chi connectivity index (χ0v) is 6.84. The summed E-state index contributed by atoms with van der Waals surface area (Å²) in [6.07, 6.45) is 8.29. The molecule has 0 saturated heterocycles. The average Bonchev–Trinajstić information content (AvgIpc) is 2.06. The summed E-state index contributed by atoms with van der Waals surface area (Å²) in [5.74, 6) is 1.50. The van der Waals surface area contributed by atoms with Gasteiger partial charge in [0.2, 0.25) is 0 Å². The van der Waals surface area contributed by atoms with Gasteiger partial charge < -0.3 is 4.74 Å². The van der Waals surface area contributed by atoms with Crippen LogP contribution in [0.5, 0.6) is 0 Å². The van der Waals surface area contributed by atoms with Gasteiger partial charge >= 0.3 is 0 Å². The van der Waals surface area contributed by atoms with E-state index in [4.69, 9.17) is 10.00 Å². The third kappa shape index (κ3) is 2.27. The first-order chi connectivity index (χ1) is 5.36. The van der Waals surface area contributed by atoms with E-state index >= 15 is 0 Å². The van der Waals surface area contributed by atoms with Crippen LogP contribution in [0.15, 0.2) is 11.8 Å². The summed E-state index contributed by atoms with van der Waals surface area (Å²) in [6, 6.07) is 0. The zero-order chi connectivity index (χ0) is 8.10. The smallest absolute Gasteiger partial charge is 0.291 e. The highest BCUT2D eigenvalue weighted by molar-refractivity contribution is 5.02. The lowest BCUT2D eigenvalue weighted by molar-refractivity contribution is 0.322. The fourth-order valence-corrected chi connectivity index (χ4v) is 1.43. The van der Waals surface area contributed by atoms with Crippen LogP contribution in [0.3, 0.4) is 0 Å². The Labute approximate surface area is 67.5 Å². The van der Waals surface area contributed by atoms with E-state index in [1.165, 1.54) is 6.42 Å². The highest BCUT2D eigenvalue weighted by atomic mass is 16.5. The van der Waals surface area contributed by atoms with Crippen LogP contribution in [0.25, 0.3) is 0 Å². The summed E-state index contributed by atoms with van der Waals surface area (Å²) in [5.41, 5.74) is 0. The molecule has 1 unspecified atom stereocenters. The lowest BCUT2D eigenvalue weighted by Crippen LogP contribution is -2.03. The predicted molar refractivity (Wildman–Crippen MR) is 42.4 cm³/mol. The Kier molecular flexibility index (Phi) is 2.97. The van der Waals surface area contributed by atoms with Gasteiger partial charge in [0.05, 0.1) is 0 Å². The Morgan fingerprint density at radius 2 is 2.64 bits per heavy atom. The van der Waals surface area contributed by atoms with Crippen LogP contribution in [-0.2, 0) is 4.74 Å². The molecule has 0 aromatic rings. The molecule has 0 N–H and O–H groups in total. The van der Waals surface area contributed by atoms with Gasteiger partial charge in [0.15, 0.2) is 0 Å². The van der Waals surface area contributed by atoms with Crippen LogP contribution in [0.1, 0.15) is 32.6 Å². The van der Waals surface area contributed by atoms with E-state index in [1.807, 2.05) is 0 Å². The van der Waals surface area contributed by atoms with Gasteiger partial charge in [0.1, 0.15) is 5.76 Å². The van der Waals surface area contributed by atoms with E-state index in [-0.39, 0.29) is 0 Å². The van der Waals surface area contributed by atoms with E-state index < -0.39 is 0 Å². The zero-order valence-electron chi connectivity index (χ0n) is 6.84. The van der Waals surface area contributed by atoms with E-state index in [2.05, 4.69) is 13.0 Å². The van der Waals surface area contributed by atoms with Crippen molar-refractivity contribution in [3.05, 3.63) is 11.8 Å². The molecule has 0 aromatic carbocycles. The molecule has 0 heterocycles. The van der Waals surface area contributed by atoms with Gasteiger partial charge in [-0.05, 0) is 31.3 Å². The molecule has 0 radical (unpaired) electrons. The molecule has 60 valence electrons. The second-order valence-corrected chi connectivity index (χ2v) is 2.89. The number of rotatable bonds is 2. The van der Waals surface area contributed by atoms with Crippen LogP contribution < -0.4 is 0 Å². The van der Waals surface area contributed by atoms with E-state index in [0.29, 0.717) is 5.92 Å². The van der Waals surface area contributed by atoms with Crippen LogP contribution in [0.2, 0.25) is 0 Å². The average molecular weight is 151 g/mol. The Morgan fingerprint density at radius 1 is 1.82 bits per heavy atom. The molecule has 11 heavy (non-hydrogen) atoms. The quantitative estimate of drug-likeness (QED) is 0.568. The fraction of sp³-hybridized carbons (Fsp3) is 0.667. The van der Waals surface area contributed by atoms with Gasteiger partial charge in [-0.2, -0.15) is 0 Å². The number of ether oxygens (including phenoxy) is 1. The first-order valence-corrected chi connectivity index (χ1v) is 4.13. The monoisotopic (exact) mass is 151 g/mol. The van der Waals surface area contributed by atoms with Crippen molar-refractivity contribution in [2.24, 2.45) is 5.92 Å². The summed E-state index contributed by atoms with van der Waals surface area (Å²) < 4.78 is 4.78. The molecule has 0 aliphatic heterocycles. The van der Waals surface area contributed by atoms with Crippen molar-refractivity contribution in [3.63, 3.8) is 0 Å². The number of hydrogen-bond acceptors (Lipinski definition) is 2. The van der Waals surface area contributed by atoms with Crippen molar-refractivity contribution >= 4 is 0 Å². The van der Waals surface area contributed by atoms with Crippen molar-refractivity contribution in [2.45, 2.75) is 32.6 Å². The molecule has 0 bridgehead atoms. The Morgan fingerprint density at radius 3 is 3.27 bits per heavy atom. The minimum Gasteiger partial charge on any atom is -0.393 e. The fourth-order valence-electron chi connectivity index (χ4n) is 1.43. The van der Waals surface area contributed by atoms with Gasteiger partial charge in [0, 0.05) is 6.42 Å². The van der Waals surface area contributed by atoms with Crippen LogP contribution >= 0.6 is 0 Å². The number of allylic oxidation sites excluding steroid dienone is 2. The maximum Gasteiger partial charge on any atom is 0.291 e. The molecule has 2 heteroatoms. The van der Waals surface area contributed by atoms with Crippen molar-refractivity contribution in [2.75, 3.05) is 0 Å². The highest BCUT2D eigenvalue weighted by Gasteiger charge is 2.12. The van der Waals surface area contributed by atoms with Crippen LogP contribution in [-0.4, -0.2) is 0 Å². The minimum atomic E-state index is 0.632. The SMILES string of the molecule is CCC1C=C(OC#N)CCC1. The first-order valence-electron chi connectivity index (χ1n) is 4.13. The molecule has 2 nitrogen and oxygen atoms in total. The van der Waals surface area contributed by atoms with Crippen molar-refractivity contribution in [3.8, 4) is 6.26 Å². The Bertz CT molecular complexity index is 190. The molecule has 0 saturated carbocycles. The first kappa shape index (κ1) is 8.13. The normalized spacial score (nSPS) is 23.6. The number of nitrogens with zero attached hydrogens (tertiary/aromatic N) is 1. The number of hydrogen-bond donors (Lipinski definition) is 0. The van der Waals surface area contributed by atoms with Crippen LogP contribution in [0.4, 0.5) is 0 Å². The minimum absolute atomic E-state index is 0.632. The lowest BCUT2D eigenvalue weighted by atomic mass is 9.93. The number of nitriles is 1. The Balaban J connectivity index is 2.51. The van der Waals surface area contributed by atoms with Gasteiger partial charge in [-0.15, -0.1) is 5.26 Å². The molecular formula is C9H13NO. The molecular weight excluding hydrogens is 138 g/mol. The standard InChI is InChI=1S/C9H13NO/c1-2-8-4-3-5-9(6-8)11-7-10/h6,8H,2-5H2,1H3. The maximum atomic E-state index is 8.26. The van der Waals surface area contributed by atoms with E-state index in [0.717, 1.165) is 25.0 Å². The van der Waals surface area contributed by atoms with E-state index in [1.54, 1.807) is 6.26 Å². The molecule has 1 aliphatic carbocycles. The molecule has 1 atom stereocenters. The summed E-state index contributed by atoms with van der Waals surface area (Å²) >= 11 is 0. The lowest BCUT2D eigenvalue weighted by Gasteiger charge is -2.16. The second kappa shape index (κ2) is 4.02. The summed E-state index contributed by atoms with van der Waals surface area (Å²) in [4.78, 5) is 0. The highest BCUT2D eigenvalue weighted by Crippen LogP contribution is 2.25. The summed E-state index contributed by atoms with van der Waals surface area (Å²) in [5, 5.41) is 8.26. The molecule has 0 amide bonds. The van der Waals surface area contributed by atoms with Gasteiger partial charge in [-0.25, -0.2) is 0 Å². The molecule has 0 fully saturated rings. The molecule has 1 aliphatic rings. The predicted octanol–water partition coefficient (Wildman–Crippen LogP) is 2.58. The van der Waals surface area contributed by atoms with Gasteiger partial charge in [0.25, 0.3) is 6.26 Å². The summed E-state index contributed by atoms with van der Waals surface area (Å²) in [7, 11) is 0. The third-order valence-electron chi connectivity index (χ3n) is 2.12. The second-order valence-electron chi connectivity index (χ2n) is 2.89. The van der Waals surface area contributed by atoms with E-state index in [9.17, 15) is 0 Å². The van der Waals surface area contributed by atoms with Crippen LogP contribution in [0, 0.1) is 17.4 Å². The third-order valence-corrected chi connectivity index (χ3v) is 2.12. The summed E-state index contributed by atoms with van der Waals surface area (Å²) in [6.45, 7) is 2.16. The largest absolute Gasteiger partial charge is 0.393 e. The molecule has 1 rings (SSSR count). The molecule has 0 aromatic heterocycles. The van der Waals surface area contributed by atoms with Crippen molar-refractivity contribution in [1.29, 1.82) is 5.26 Å². The topological polar surface area (TPSA) is 33.0 Å².